The number of nitrogens with zero attached hydrogens (tertiary/aromatic N) is 2. The number of anilines is 2. The van der Waals surface area contributed by atoms with Crippen molar-refractivity contribution in [3.05, 3.63) is 47.7 Å². The van der Waals surface area contributed by atoms with Gasteiger partial charge < -0.3 is 15.4 Å². The van der Waals surface area contributed by atoms with E-state index in [9.17, 15) is 9.59 Å². The molecule has 1 amide bonds. The van der Waals surface area contributed by atoms with Crippen LogP contribution in [0.3, 0.4) is 0 Å². The van der Waals surface area contributed by atoms with E-state index in [1.165, 1.54) is 32.8 Å². The summed E-state index contributed by atoms with van der Waals surface area (Å²) in [5.41, 5.74) is 1.07. The summed E-state index contributed by atoms with van der Waals surface area (Å²) in [4.78, 5) is 23.9. The van der Waals surface area contributed by atoms with Crippen LogP contribution < -0.4 is 10.6 Å². The first-order chi connectivity index (χ1) is 13.2. The van der Waals surface area contributed by atoms with Crippen molar-refractivity contribution in [2.45, 2.75) is 44.6 Å². The smallest absolute Gasteiger partial charge is 0.337 e. The molecule has 7 nitrogen and oxygen atoms in total. The minimum Gasteiger partial charge on any atom is -0.465 e. The average Bonchev–Trinajstić information content (AvgIpc) is 2.97. The summed E-state index contributed by atoms with van der Waals surface area (Å²) in [5.74, 6) is -0.156. The highest BCUT2D eigenvalue weighted by Crippen LogP contribution is 2.20. The molecule has 1 heterocycles. The summed E-state index contributed by atoms with van der Waals surface area (Å²) in [7, 11) is 1.31. The fourth-order valence-electron chi connectivity index (χ4n) is 3.20. The molecule has 0 atom stereocenters. The number of rotatable bonds is 5. The van der Waals surface area contributed by atoms with Gasteiger partial charge in [0.25, 0.3) is 5.91 Å². The van der Waals surface area contributed by atoms with E-state index >= 15 is 0 Å². The van der Waals surface area contributed by atoms with Crippen molar-refractivity contribution < 1.29 is 14.3 Å². The molecule has 1 saturated carbocycles. The van der Waals surface area contributed by atoms with Crippen LogP contribution in [0.15, 0.2) is 36.4 Å². The first-order valence-electron chi connectivity index (χ1n) is 9.26. The molecular formula is C20H24N4O3. The number of esters is 1. The van der Waals surface area contributed by atoms with Gasteiger partial charge >= 0.3 is 5.97 Å². The topological polar surface area (TPSA) is 93.2 Å². The van der Waals surface area contributed by atoms with Gasteiger partial charge in [0, 0.05) is 11.7 Å². The number of methoxy groups -OCH3 is 1. The van der Waals surface area contributed by atoms with Gasteiger partial charge in [0.2, 0.25) is 0 Å². The number of benzene rings is 1. The van der Waals surface area contributed by atoms with Gasteiger partial charge in [-0.25, -0.2) is 4.79 Å². The maximum Gasteiger partial charge on any atom is 0.337 e. The fraction of sp³-hybridized carbons (Fsp3) is 0.400. The molecule has 0 saturated heterocycles. The second-order valence-electron chi connectivity index (χ2n) is 6.66. The molecule has 7 heteroatoms. The van der Waals surface area contributed by atoms with E-state index in [-0.39, 0.29) is 11.6 Å². The van der Waals surface area contributed by atoms with E-state index in [2.05, 4.69) is 25.6 Å². The number of nitrogens with one attached hydrogen (secondary N) is 2. The molecule has 1 aliphatic carbocycles. The second-order valence-corrected chi connectivity index (χ2v) is 6.66. The summed E-state index contributed by atoms with van der Waals surface area (Å²) in [6, 6.07) is 10.4. The Kier molecular flexibility index (Phi) is 6.35. The van der Waals surface area contributed by atoms with Crippen LogP contribution in [-0.2, 0) is 4.74 Å². The van der Waals surface area contributed by atoms with E-state index in [0.29, 0.717) is 23.1 Å². The summed E-state index contributed by atoms with van der Waals surface area (Å²) >= 11 is 0. The van der Waals surface area contributed by atoms with Gasteiger partial charge in [-0.05, 0) is 43.2 Å². The maximum atomic E-state index is 12.4. The molecule has 0 aliphatic heterocycles. The molecule has 0 unspecified atom stereocenters. The molecule has 2 aromatic rings. The highest BCUT2D eigenvalue weighted by Gasteiger charge is 2.14. The Labute approximate surface area is 158 Å². The van der Waals surface area contributed by atoms with Crippen LogP contribution in [0.2, 0.25) is 0 Å². The van der Waals surface area contributed by atoms with E-state index in [1.54, 1.807) is 36.4 Å². The lowest BCUT2D eigenvalue weighted by atomic mass is 10.1. The predicted molar refractivity (Wildman–Crippen MR) is 103 cm³/mol. The molecule has 0 spiro atoms. The van der Waals surface area contributed by atoms with Crippen LogP contribution in [0.4, 0.5) is 11.5 Å². The lowest BCUT2D eigenvalue weighted by molar-refractivity contribution is 0.0600. The molecule has 2 N–H and O–H groups in total. The normalized spacial score (nSPS) is 14.9. The van der Waals surface area contributed by atoms with Gasteiger partial charge in [-0.3, -0.25) is 4.79 Å². The highest BCUT2D eigenvalue weighted by molar-refractivity contribution is 6.03. The average molecular weight is 368 g/mol. The Morgan fingerprint density at radius 3 is 2.48 bits per heavy atom. The van der Waals surface area contributed by atoms with E-state index in [0.717, 1.165) is 12.8 Å². The van der Waals surface area contributed by atoms with E-state index < -0.39 is 5.97 Å². The molecule has 1 aromatic heterocycles. The number of hydrogen-bond acceptors (Lipinski definition) is 6. The third kappa shape index (κ3) is 5.26. The molecule has 0 bridgehead atoms. The van der Waals surface area contributed by atoms with Crippen LogP contribution in [0, 0.1) is 0 Å². The molecule has 1 aromatic carbocycles. The largest absolute Gasteiger partial charge is 0.465 e. The Morgan fingerprint density at radius 2 is 1.81 bits per heavy atom. The van der Waals surface area contributed by atoms with Crippen molar-refractivity contribution in [2.75, 3.05) is 17.7 Å². The third-order valence-electron chi connectivity index (χ3n) is 4.65. The van der Waals surface area contributed by atoms with Crippen molar-refractivity contribution in [1.82, 2.24) is 10.2 Å². The molecular weight excluding hydrogens is 344 g/mol. The second kappa shape index (κ2) is 9.12. The first kappa shape index (κ1) is 18.8. The molecule has 1 fully saturated rings. The first-order valence-corrected chi connectivity index (χ1v) is 9.26. The zero-order valence-electron chi connectivity index (χ0n) is 15.4. The number of amides is 1. The molecule has 0 radical (unpaired) electrons. The lowest BCUT2D eigenvalue weighted by Crippen LogP contribution is -2.20. The zero-order chi connectivity index (χ0) is 19.1. The van der Waals surface area contributed by atoms with Crippen molar-refractivity contribution in [3.8, 4) is 0 Å². The fourth-order valence-corrected chi connectivity index (χ4v) is 3.20. The summed E-state index contributed by atoms with van der Waals surface area (Å²) in [6.45, 7) is 0. The van der Waals surface area contributed by atoms with Crippen LogP contribution in [0.25, 0.3) is 0 Å². The molecule has 27 heavy (non-hydrogen) atoms. The van der Waals surface area contributed by atoms with Gasteiger partial charge in [-0.2, -0.15) is 0 Å². The van der Waals surface area contributed by atoms with Crippen molar-refractivity contribution in [2.24, 2.45) is 0 Å². The zero-order valence-corrected chi connectivity index (χ0v) is 15.4. The van der Waals surface area contributed by atoms with Gasteiger partial charge in [0.15, 0.2) is 5.69 Å². The monoisotopic (exact) mass is 368 g/mol. The van der Waals surface area contributed by atoms with Gasteiger partial charge in [0.05, 0.1) is 12.7 Å². The van der Waals surface area contributed by atoms with Gasteiger partial charge in [-0.1, -0.05) is 31.7 Å². The predicted octanol–water partition coefficient (Wildman–Crippen LogP) is 3.65. The van der Waals surface area contributed by atoms with E-state index in [1.807, 2.05) is 0 Å². The lowest BCUT2D eigenvalue weighted by Gasteiger charge is -2.16. The number of carbonyl (C=O) groups excluding carboxylic acids is 2. The van der Waals surface area contributed by atoms with Crippen molar-refractivity contribution >= 4 is 23.4 Å². The third-order valence-corrected chi connectivity index (χ3v) is 4.65. The SMILES string of the molecule is COC(=O)c1cccc(NC(=O)c2ccc(NC3CCCCCC3)nn2)c1. The highest BCUT2D eigenvalue weighted by atomic mass is 16.5. The van der Waals surface area contributed by atoms with Crippen LogP contribution in [-0.4, -0.2) is 35.2 Å². The van der Waals surface area contributed by atoms with Crippen LogP contribution in [0.5, 0.6) is 0 Å². The molecule has 1 aliphatic rings. The Hall–Kier alpha value is -2.96. The van der Waals surface area contributed by atoms with Crippen molar-refractivity contribution in [3.63, 3.8) is 0 Å². The minimum absolute atomic E-state index is 0.213. The van der Waals surface area contributed by atoms with E-state index in [4.69, 9.17) is 0 Å². The quantitative estimate of drug-likeness (QED) is 0.618. The summed E-state index contributed by atoms with van der Waals surface area (Å²) < 4.78 is 4.68. The number of carbonyl (C=O) groups is 2. The number of hydrogen-bond donors (Lipinski definition) is 2. The Morgan fingerprint density at radius 1 is 1.04 bits per heavy atom. The molecule has 142 valence electrons. The van der Waals surface area contributed by atoms with Crippen LogP contribution in [0.1, 0.15) is 59.4 Å². The standard InChI is InChI=1S/C20H24N4O3/c1-27-20(26)14-7-6-10-16(13-14)22-19(25)17-11-12-18(24-23-17)21-15-8-4-2-3-5-9-15/h6-7,10-13,15H,2-5,8-9H2,1H3,(H,21,24)(H,22,25). The minimum atomic E-state index is -0.458. The van der Waals surface area contributed by atoms with Crippen molar-refractivity contribution in [1.29, 1.82) is 0 Å². The number of ether oxygens (including phenoxy) is 1. The van der Waals surface area contributed by atoms with Crippen LogP contribution >= 0.6 is 0 Å². The summed E-state index contributed by atoms with van der Waals surface area (Å²) in [6.07, 6.45) is 7.33. The molecule has 3 rings (SSSR count). The Bertz CT molecular complexity index is 784. The van der Waals surface area contributed by atoms with Gasteiger partial charge in [0.1, 0.15) is 5.82 Å². The maximum absolute atomic E-state index is 12.4. The summed E-state index contributed by atoms with van der Waals surface area (Å²) in [5, 5.41) is 14.3. The number of aromatic nitrogens is 2. The Balaban J connectivity index is 1.61. The van der Waals surface area contributed by atoms with Gasteiger partial charge in [-0.15, -0.1) is 10.2 Å².